The number of hydrogen-bond acceptors (Lipinski definition) is 3. The molecular weight excluding hydrogens is 184 g/mol. The number of likely N-dealkylation sites (N-methyl/N-ethyl adjacent to an activating group) is 1. The van der Waals surface area contributed by atoms with E-state index >= 15 is 0 Å². The number of nitrogens with zero attached hydrogens (tertiary/aromatic N) is 2. The summed E-state index contributed by atoms with van der Waals surface area (Å²) in [6.45, 7) is -0.312. The Morgan fingerprint density at radius 2 is 2.29 bits per heavy atom. The van der Waals surface area contributed by atoms with Crippen LogP contribution < -0.4 is 0 Å². The monoisotopic (exact) mass is 194 g/mol. The molecule has 0 saturated heterocycles. The van der Waals surface area contributed by atoms with E-state index in [1.807, 2.05) is 0 Å². The third-order valence-corrected chi connectivity index (χ3v) is 1.63. The zero-order valence-electron chi connectivity index (χ0n) is 7.67. The summed E-state index contributed by atoms with van der Waals surface area (Å²) in [5.74, 6) is -1.38. The van der Waals surface area contributed by atoms with Crippen LogP contribution in [-0.2, 0) is 4.79 Å². The number of amides is 1. The van der Waals surface area contributed by atoms with Gasteiger partial charge in [0.15, 0.2) is 0 Å². The molecule has 1 amide bonds. The molecule has 14 heavy (non-hydrogen) atoms. The number of carbonyl (C=O) groups is 2. The standard InChI is InChI=1S/C9H10N2O3/c1-11(6-8(12)13)9(14)7-3-2-4-10-5-7/h2-5H,6H2,1H3,(H,12,13). The average molecular weight is 194 g/mol. The number of rotatable bonds is 3. The lowest BCUT2D eigenvalue weighted by Gasteiger charge is -2.13. The number of aliphatic carboxylic acids is 1. The van der Waals surface area contributed by atoms with Gasteiger partial charge in [0.2, 0.25) is 0 Å². The van der Waals surface area contributed by atoms with Gasteiger partial charge < -0.3 is 10.0 Å². The molecule has 0 aliphatic heterocycles. The highest BCUT2D eigenvalue weighted by Gasteiger charge is 2.13. The minimum absolute atomic E-state index is 0.312. The normalized spacial score (nSPS) is 9.50. The van der Waals surface area contributed by atoms with E-state index in [2.05, 4.69) is 4.98 Å². The highest BCUT2D eigenvalue weighted by Crippen LogP contribution is 2.00. The van der Waals surface area contributed by atoms with E-state index in [1.165, 1.54) is 13.2 Å². The fourth-order valence-corrected chi connectivity index (χ4v) is 0.984. The van der Waals surface area contributed by atoms with Gasteiger partial charge in [-0.1, -0.05) is 0 Å². The highest BCUT2D eigenvalue weighted by molar-refractivity contribution is 5.95. The Bertz CT molecular complexity index is 337. The molecule has 1 heterocycles. The van der Waals surface area contributed by atoms with Gasteiger partial charge in [-0.05, 0) is 12.1 Å². The van der Waals surface area contributed by atoms with Crippen molar-refractivity contribution in [2.24, 2.45) is 0 Å². The molecule has 1 aromatic rings. The van der Waals surface area contributed by atoms with Crippen molar-refractivity contribution in [2.75, 3.05) is 13.6 Å². The van der Waals surface area contributed by atoms with Gasteiger partial charge >= 0.3 is 5.97 Å². The summed E-state index contributed by atoms with van der Waals surface area (Å²) >= 11 is 0. The number of hydrogen-bond donors (Lipinski definition) is 1. The first-order chi connectivity index (χ1) is 6.61. The Morgan fingerprint density at radius 3 is 2.79 bits per heavy atom. The Hall–Kier alpha value is -1.91. The second-order valence-electron chi connectivity index (χ2n) is 2.80. The second-order valence-corrected chi connectivity index (χ2v) is 2.80. The maximum Gasteiger partial charge on any atom is 0.323 e. The Kier molecular flexibility index (Phi) is 3.17. The Balaban J connectivity index is 2.71. The lowest BCUT2D eigenvalue weighted by molar-refractivity contribution is -0.137. The molecule has 0 radical (unpaired) electrons. The summed E-state index contributed by atoms with van der Waals surface area (Å²) in [7, 11) is 1.43. The van der Waals surface area contributed by atoms with Gasteiger partial charge in [-0.2, -0.15) is 0 Å². The molecule has 0 fully saturated rings. The van der Waals surface area contributed by atoms with Crippen LogP contribution in [-0.4, -0.2) is 40.5 Å². The van der Waals surface area contributed by atoms with Gasteiger partial charge in [0.1, 0.15) is 6.54 Å². The van der Waals surface area contributed by atoms with E-state index in [-0.39, 0.29) is 12.5 Å². The van der Waals surface area contributed by atoms with Crippen LogP contribution in [0.3, 0.4) is 0 Å². The smallest absolute Gasteiger partial charge is 0.323 e. The van der Waals surface area contributed by atoms with Gasteiger partial charge in [-0.3, -0.25) is 14.6 Å². The number of carbonyl (C=O) groups excluding carboxylic acids is 1. The van der Waals surface area contributed by atoms with Crippen LogP contribution >= 0.6 is 0 Å². The molecule has 1 N–H and O–H groups in total. The molecule has 0 aliphatic carbocycles. The summed E-state index contributed by atoms with van der Waals surface area (Å²) < 4.78 is 0. The topological polar surface area (TPSA) is 70.5 Å². The summed E-state index contributed by atoms with van der Waals surface area (Å²) in [4.78, 5) is 26.7. The number of carboxylic acid groups (broad SMARTS) is 1. The van der Waals surface area contributed by atoms with E-state index < -0.39 is 5.97 Å². The molecule has 0 saturated carbocycles. The van der Waals surface area contributed by atoms with Crippen molar-refractivity contribution >= 4 is 11.9 Å². The first-order valence-corrected chi connectivity index (χ1v) is 3.98. The molecule has 0 bridgehead atoms. The third kappa shape index (κ3) is 2.55. The van der Waals surface area contributed by atoms with Crippen molar-refractivity contribution in [1.82, 2.24) is 9.88 Å². The van der Waals surface area contributed by atoms with Crippen LogP contribution in [0, 0.1) is 0 Å². The predicted octanol–water partition coefficient (Wildman–Crippen LogP) is 0.238. The lowest BCUT2D eigenvalue weighted by Crippen LogP contribution is -2.31. The van der Waals surface area contributed by atoms with Crippen molar-refractivity contribution in [3.8, 4) is 0 Å². The maximum absolute atomic E-state index is 11.5. The fourth-order valence-electron chi connectivity index (χ4n) is 0.984. The first-order valence-electron chi connectivity index (χ1n) is 3.98. The Labute approximate surface area is 81.0 Å². The number of pyridine rings is 1. The molecule has 74 valence electrons. The zero-order chi connectivity index (χ0) is 10.6. The molecule has 0 unspecified atom stereocenters. The molecule has 0 aromatic carbocycles. The highest BCUT2D eigenvalue weighted by atomic mass is 16.4. The molecular formula is C9H10N2O3. The molecule has 5 heteroatoms. The van der Waals surface area contributed by atoms with Gasteiger partial charge in [0.05, 0.1) is 5.56 Å². The largest absolute Gasteiger partial charge is 0.480 e. The fraction of sp³-hybridized carbons (Fsp3) is 0.222. The van der Waals surface area contributed by atoms with Crippen molar-refractivity contribution in [3.63, 3.8) is 0 Å². The predicted molar refractivity (Wildman–Crippen MR) is 48.8 cm³/mol. The maximum atomic E-state index is 11.5. The second kappa shape index (κ2) is 4.36. The quantitative estimate of drug-likeness (QED) is 0.748. The van der Waals surface area contributed by atoms with Crippen molar-refractivity contribution < 1.29 is 14.7 Å². The molecule has 0 atom stereocenters. The van der Waals surface area contributed by atoms with E-state index in [4.69, 9.17) is 5.11 Å². The van der Waals surface area contributed by atoms with Crippen molar-refractivity contribution in [1.29, 1.82) is 0 Å². The number of aromatic nitrogens is 1. The van der Waals surface area contributed by atoms with E-state index in [1.54, 1.807) is 18.3 Å². The van der Waals surface area contributed by atoms with Crippen LogP contribution in [0.5, 0.6) is 0 Å². The van der Waals surface area contributed by atoms with Crippen LogP contribution in [0.15, 0.2) is 24.5 Å². The van der Waals surface area contributed by atoms with Gasteiger partial charge in [-0.25, -0.2) is 0 Å². The van der Waals surface area contributed by atoms with E-state index in [0.717, 1.165) is 4.90 Å². The molecule has 0 spiro atoms. The summed E-state index contributed by atoms with van der Waals surface area (Å²) in [6.07, 6.45) is 2.95. The lowest BCUT2D eigenvalue weighted by atomic mass is 10.2. The third-order valence-electron chi connectivity index (χ3n) is 1.63. The van der Waals surface area contributed by atoms with Crippen molar-refractivity contribution in [3.05, 3.63) is 30.1 Å². The summed E-state index contributed by atoms with van der Waals surface area (Å²) in [6, 6.07) is 3.22. The first kappa shape index (κ1) is 10.2. The molecule has 1 rings (SSSR count). The molecule has 5 nitrogen and oxygen atoms in total. The SMILES string of the molecule is CN(CC(=O)O)C(=O)c1cccnc1. The minimum Gasteiger partial charge on any atom is -0.480 e. The van der Waals surface area contributed by atoms with Crippen LogP contribution in [0.25, 0.3) is 0 Å². The van der Waals surface area contributed by atoms with E-state index in [0.29, 0.717) is 5.56 Å². The van der Waals surface area contributed by atoms with Gasteiger partial charge in [0.25, 0.3) is 5.91 Å². The molecule has 0 aliphatic rings. The zero-order valence-corrected chi connectivity index (χ0v) is 7.67. The summed E-state index contributed by atoms with van der Waals surface area (Å²) in [5.41, 5.74) is 0.385. The van der Waals surface area contributed by atoms with Crippen LogP contribution in [0.4, 0.5) is 0 Å². The average Bonchev–Trinajstić information content (AvgIpc) is 2.17. The van der Waals surface area contributed by atoms with Gasteiger partial charge in [0, 0.05) is 19.4 Å². The van der Waals surface area contributed by atoms with Gasteiger partial charge in [-0.15, -0.1) is 0 Å². The number of carboxylic acids is 1. The Morgan fingerprint density at radius 1 is 1.57 bits per heavy atom. The molecule has 1 aromatic heterocycles. The van der Waals surface area contributed by atoms with Crippen LogP contribution in [0.2, 0.25) is 0 Å². The minimum atomic E-state index is -1.04. The van der Waals surface area contributed by atoms with Crippen LogP contribution in [0.1, 0.15) is 10.4 Å². The van der Waals surface area contributed by atoms with Crippen molar-refractivity contribution in [2.45, 2.75) is 0 Å². The summed E-state index contributed by atoms with van der Waals surface area (Å²) in [5, 5.41) is 8.47. The van der Waals surface area contributed by atoms with E-state index in [9.17, 15) is 9.59 Å².